The van der Waals surface area contributed by atoms with Gasteiger partial charge in [0, 0.05) is 42.2 Å². The third-order valence-electron chi connectivity index (χ3n) is 5.17. The summed E-state index contributed by atoms with van der Waals surface area (Å²) in [6.07, 6.45) is 2.63. The molecule has 8 nitrogen and oxygen atoms in total. The molecule has 1 aliphatic heterocycles. The monoisotopic (exact) mass is 430 g/mol. The summed E-state index contributed by atoms with van der Waals surface area (Å²) in [5.41, 5.74) is 0.884. The van der Waals surface area contributed by atoms with Crippen molar-refractivity contribution in [1.29, 1.82) is 5.26 Å². The van der Waals surface area contributed by atoms with E-state index in [9.17, 15) is 20.0 Å². The molecule has 0 saturated carbocycles. The fourth-order valence-corrected chi connectivity index (χ4v) is 5.25. The van der Waals surface area contributed by atoms with E-state index >= 15 is 0 Å². The number of aromatic nitrogens is 1. The smallest absolute Gasteiger partial charge is 0.323 e. The van der Waals surface area contributed by atoms with E-state index < -0.39 is 11.9 Å². The lowest BCUT2D eigenvalue weighted by Gasteiger charge is -2.23. The molecule has 0 spiro atoms. The molecule has 0 bridgehead atoms. The fourth-order valence-electron chi connectivity index (χ4n) is 3.67. The number of rotatable bonds is 9. The summed E-state index contributed by atoms with van der Waals surface area (Å²) in [6.45, 7) is 4.95. The maximum atomic E-state index is 12.8. The van der Waals surface area contributed by atoms with Gasteiger partial charge in [0.15, 0.2) is 5.88 Å². The maximum Gasteiger partial charge on any atom is 0.323 e. The van der Waals surface area contributed by atoms with Crippen LogP contribution in [0.3, 0.4) is 0 Å². The van der Waals surface area contributed by atoms with Crippen molar-refractivity contribution in [1.82, 2.24) is 9.88 Å². The Hall–Kier alpha value is -2.86. The number of nitrogens with one attached hydrogen (secondary N) is 2. The molecule has 30 heavy (non-hydrogen) atoms. The van der Waals surface area contributed by atoms with Gasteiger partial charge in [-0.2, -0.15) is 5.26 Å². The minimum atomic E-state index is -0.875. The van der Waals surface area contributed by atoms with Crippen LogP contribution in [0.2, 0.25) is 0 Å². The molecule has 160 valence electrons. The molecule has 1 amide bonds. The lowest BCUT2D eigenvalue weighted by Crippen LogP contribution is -2.36. The Balaban J connectivity index is 1.60. The highest BCUT2D eigenvalue weighted by Gasteiger charge is 2.41. The van der Waals surface area contributed by atoms with Crippen molar-refractivity contribution >= 4 is 40.1 Å². The first-order valence-corrected chi connectivity index (χ1v) is 11.0. The quantitative estimate of drug-likeness (QED) is 0.523. The van der Waals surface area contributed by atoms with E-state index in [0.717, 1.165) is 16.5 Å². The second-order valence-electron chi connectivity index (χ2n) is 6.99. The third-order valence-corrected chi connectivity index (χ3v) is 6.70. The summed E-state index contributed by atoms with van der Waals surface area (Å²) >= 11 is 1.50. The summed E-state index contributed by atoms with van der Waals surface area (Å²) in [5.74, 6) is -1.24. The van der Waals surface area contributed by atoms with Gasteiger partial charge in [0.05, 0.1) is 23.3 Å². The zero-order valence-corrected chi connectivity index (χ0v) is 17.9. The van der Waals surface area contributed by atoms with Gasteiger partial charge < -0.3 is 25.0 Å². The molecule has 1 aromatic heterocycles. The van der Waals surface area contributed by atoms with Crippen molar-refractivity contribution in [2.45, 2.75) is 37.3 Å². The molecule has 1 aliphatic rings. The number of anilines is 1. The normalized spacial score (nSPS) is 19.6. The second kappa shape index (κ2) is 9.76. The molecule has 3 atom stereocenters. The van der Waals surface area contributed by atoms with Gasteiger partial charge in [-0.15, -0.1) is 11.8 Å². The Morgan fingerprint density at radius 2 is 2.23 bits per heavy atom. The zero-order chi connectivity index (χ0) is 21.7. The SMILES string of the molecule is CCOC(=O)C(C#N)CC1SC(CCNc2cccc3c(O)[nH]cc23)C(=O)N1CC. The Morgan fingerprint density at radius 1 is 1.43 bits per heavy atom. The van der Waals surface area contributed by atoms with Gasteiger partial charge in [0.25, 0.3) is 0 Å². The molecule has 1 fully saturated rings. The largest absolute Gasteiger partial charge is 0.494 e. The first-order chi connectivity index (χ1) is 14.5. The Bertz CT molecular complexity index is 954. The summed E-state index contributed by atoms with van der Waals surface area (Å²) < 4.78 is 4.97. The van der Waals surface area contributed by atoms with Gasteiger partial charge in [0.2, 0.25) is 5.91 Å². The topological polar surface area (TPSA) is 118 Å². The number of carbonyl (C=O) groups is 2. The molecule has 2 aromatic rings. The molecule has 0 aliphatic carbocycles. The van der Waals surface area contributed by atoms with E-state index in [4.69, 9.17) is 4.74 Å². The van der Waals surface area contributed by atoms with Crippen LogP contribution >= 0.6 is 11.8 Å². The maximum absolute atomic E-state index is 12.8. The van der Waals surface area contributed by atoms with Crippen molar-refractivity contribution in [3.05, 3.63) is 24.4 Å². The van der Waals surface area contributed by atoms with Crippen LogP contribution in [0.5, 0.6) is 5.88 Å². The average Bonchev–Trinajstić information content (AvgIpc) is 3.26. The summed E-state index contributed by atoms with van der Waals surface area (Å²) in [6, 6.07) is 7.63. The number of hydrogen-bond acceptors (Lipinski definition) is 7. The summed E-state index contributed by atoms with van der Waals surface area (Å²) in [4.78, 5) is 29.3. The standard InChI is InChI=1S/C21H26N4O4S/c1-3-25-18(10-13(11-22)21(28)29-4-2)30-17(20(25)27)8-9-23-16-7-5-6-14-15(16)12-24-19(14)26/h5-7,12-13,17-18,23-24,26H,3-4,8-10H2,1-2H3. The van der Waals surface area contributed by atoms with Crippen LogP contribution in [-0.2, 0) is 14.3 Å². The van der Waals surface area contributed by atoms with E-state index in [1.54, 1.807) is 18.0 Å². The van der Waals surface area contributed by atoms with Gasteiger partial charge in [-0.25, -0.2) is 0 Å². The Kier molecular flexibility index (Phi) is 7.11. The van der Waals surface area contributed by atoms with Crippen molar-refractivity contribution in [2.75, 3.05) is 25.0 Å². The first-order valence-electron chi connectivity index (χ1n) is 10.0. The van der Waals surface area contributed by atoms with Gasteiger partial charge in [-0.1, -0.05) is 6.07 Å². The summed E-state index contributed by atoms with van der Waals surface area (Å²) in [5, 5.41) is 23.7. The van der Waals surface area contributed by atoms with Crippen LogP contribution in [0.15, 0.2) is 24.4 Å². The molecule has 3 N–H and O–H groups in total. The minimum Gasteiger partial charge on any atom is -0.494 e. The minimum absolute atomic E-state index is 0.0346. The lowest BCUT2D eigenvalue weighted by molar-refractivity contribution is -0.146. The van der Waals surface area contributed by atoms with Crippen LogP contribution in [0, 0.1) is 17.2 Å². The molecular weight excluding hydrogens is 404 g/mol. The molecule has 0 radical (unpaired) electrons. The van der Waals surface area contributed by atoms with Gasteiger partial charge in [-0.05, 0) is 32.4 Å². The lowest BCUT2D eigenvalue weighted by atomic mass is 10.1. The number of H-pyrrole nitrogens is 1. The number of nitriles is 1. The van der Waals surface area contributed by atoms with Crippen molar-refractivity contribution in [3.8, 4) is 11.9 Å². The fraction of sp³-hybridized carbons (Fsp3) is 0.476. The number of aromatic amines is 1. The third kappa shape index (κ3) is 4.49. The van der Waals surface area contributed by atoms with Gasteiger partial charge >= 0.3 is 5.97 Å². The molecule has 3 unspecified atom stereocenters. The van der Waals surface area contributed by atoms with Gasteiger partial charge in [-0.3, -0.25) is 9.59 Å². The number of esters is 1. The Morgan fingerprint density at radius 3 is 2.93 bits per heavy atom. The number of ether oxygens (including phenoxy) is 1. The summed E-state index contributed by atoms with van der Waals surface area (Å²) in [7, 11) is 0. The van der Waals surface area contributed by atoms with Crippen LogP contribution in [-0.4, -0.2) is 57.2 Å². The molecular formula is C21H26N4O4S. The highest BCUT2D eigenvalue weighted by atomic mass is 32.2. The predicted octanol–water partition coefficient (Wildman–Crippen LogP) is 3.06. The molecule has 1 saturated heterocycles. The highest BCUT2D eigenvalue weighted by molar-refractivity contribution is 8.01. The number of aromatic hydroxyl groups is 1. The molecule has 2 heterocycles. The second-order valence-corrected chi connectivity index (χ2v) is 8.38. The number of benzene rings is 1. The van der Waals surface area contributed by atoms with E-state index in [-0.39, 0.29) is 35.4 Å². The van der Waals surface area contributed by atoms with E-state index in [1.807, 2.05) is 31.2 Å². The highest BCUT2D eigenvalue weighted by Crippen LogP contribution is 2.37. The molecule has 1 aromatic carbocycles. The number of amides is 1. The predicted molar refractivity (Wildman–Crippen MR) is 116 cm³/mol. The number of thioether (sulfide) groups is 1. The number of nitrogens with zero attached hydrogens (tertiary/aromatic N) is 2. The zero-order valence-electron chi connectivity index (χ0n) is 17.1. The van der Waals surface area contributed by atoms with Gasteiger partial charge in [0.1, 0.15) is 5.92 Å². The van der Waals surface area contributed by atoms with Crippen molar-refractivity contribution in [2.24, 2.45) is 5.92 Å². The number of carbonyl (C=O) groups excluding carboxylic acids is 2. The van der Waals surface area contributed by atoms with Crippen molar-refractivity contribution in [3.63, 3.8) is 0 Å². The van der Waals surface area contributed by atoms with E-state index in [0.29, 0.717) is 19.5 Å². The van der Waals surface area contributed by atoms with Crippen LogP contribution in [0.25, 0.3) is 10.8 Å². The average molecular weight is 431 g/mol. The first kappa shape index (κ1) is 21.8. The van der Waals surface area contributed by atoms with E-state index in [2.05, 4.69) is 10.3 Å². The van der Waals surface area contributed by atoms with Crippen LogP contribution in [0.1, 0.15) is 26.7 Å². The van der Waals surface area contributed by atoms with Crippen molar-refractivity contribution < 1.29 is 19.4 Å². The Labute approximate surface area is 179 Å². The molecule has 9 heteroatoms. The van der Waals surface area contributed by atoms with E-state index in [1.165, 1.54) is 11.8 Å². The van der Waals surface area contributed by atoms with Crippen LogP contribution < -0.4 is 5.32 Å². The number of fused-ring (bicyclic) bond motifs is 1. The molecule has 3 rings (SSSR count). The number of hydrogen-bond donors (Lipinski definition) is 3. The van der Waals surface area contributed by atoms with Crippen LogP contribution in [0.4, 0.5) is 5.69 Å².